The van der Waals surface area contributed by atoms with Crippen LogP contribution in [0.5, 0.6) is 11.5 Å². The molecule has 1 fully saturated rings. The van der Waals surface area contributed by atoms with Crippen LogP contribution in [0.4, 0.5) is 5.95 Å². The van der Waals surface area contributed by atoms with E-state index in [0.717, 1.165) is 44.1 Å². The molecule has 1 aliphatic rings. The number of carbonyl (C=O) groups is 1. The van der Waals surface area contributed by atoms with E-state index in [1.807, 2.05) is 24.3 Å². The Bertz CT molecular complexity index is 764. The summed E-state index contributed by atoms with van der Waals surface area (Å²) >= 11 is 0. The summed E-state index contributed by atoms with van der Waals surface area (Å²) in [4.78, 5) is 24.3. The molecular weight excluding hydrogens is 358 g/mol. The Kier molecular flexibility index (Phi) is 7.02. The number of carbonyl (C=O) groups excluding carboxylic acids is 1. The lowest BCUT2D eigenvalue weighted by Gasteiger charge is -2.31. The van der Waals surface area contributed by atoms with Crippen LogP contribution in [0, 0.1) is 0 Å². The number of amides is 1. The number of hydrogen-bond acceptors (Lipinski definition) is 6. The smallest absolute Gasteiger partial charge is 0.275 e. The number of anilines is 1. The molecule has 1 amide bonds. The first-order valence-corrected chi connectivity index (χ1v) is 9.52. The van der Waals surface area contributed by atoms with Crippen molar-refractivity contribution < 1.29 is 19.2 Å². The second-order valence-corrected chi connectivity index (χ2v) is 6.75. The van der Waals surface area contributed by atoms with Crippen LogP contribution < -0.4 is 24.6 Å². The van der Waals surface area contributed by atoms with Gasteiger partial charge in [0.05, 0.1) is 40.4 Å². The Morgan fingerprint density at radius 3 is 2.54 bits per heavy atom. The standard InChI is InChI=1S/C20H27N5O3/c1-27-17-5-4-16(14-18(17)28-2)6-9-21-19(26)15-24-10-12-25(13-11-24)20-22-7-3-8-23-20/h3-5,7-8,14H,6,9-13,15H2,1-2H3,(H,21,26)/p+1. The SMILES string of the molecule is COc1ccc(CCNC(=O)C[NH+]2CCN(c3ncccn3)CC2)cc1OC. The molecule has 8 heteroatoms. The van der Waals surface area contributed by atoms with Crippen LogP contribution in [0.2, 0.25) is 0 Å². The van der Waals surface area contributed by atoms with Gasteiger partial charge in [-0.2, -0.15) is 0 Å². The molecule has 1 aromatic carbocycles. The number of nitrogens with zero attached hydrogens (tertiary/aromatic N) is 3. The second kappa shape index (κ2) is 9.89. The molecule has 0 unspecified atom stereocenters. The summed E-state index contributed by atoms with van der Waals surface area (Å²) in [5, 5.41) is 3.02. The fraction of sp³-hybridized carbons (Fsp3) is 0.450. The Labute approximate surface area is 165 Å². The second-order valence-electron chi connectivity index (χ2n) is 6.75. The highest BCUT2D eigenvalue weighted by molar-refractivity contribution is 5.76. The van der Waals surface area contributed by atoms with Gasteiger partial charge in [0, 0.05) is 18.9 Å². The highest BCUT2D eigenvalue weighted by Crippen LogP contribution is 2.27. The number of rotatable bonds is 8. The highest BCUT2D eigenvalue weighted by atomic mass is 16.5. The van der Waals surface area contributed by atoms with E-state index in [9.17, 15) is 4.79 Å². The summed E-state index contributed by atoms with van der Waals surface area (Å²) < 4.78 is 10.6. The van der Waals surface area contributed by atoms with Crippen LogP contribution in [0.3, 0.4) is 0 Å². The zero-order chi connectivity index (χ0) is 19.8. The number of aromatic nitrogens is 2. The van der Waals surface area contributed by atoms with Gasteiger partial charge in [-0.05, 0) is 30.2 Å². The summed E-state index contributed by atoms with van der Waals surface area (Å²) in [6.45, 7) is 4.63. The topological polar surface area (TPSA) is 81.0 Å². The first-order chi connectivity index (χ1) is 13.7. The predicted octanol–water partition coefficient (Wildman–Crippen LogP) is -0.442. The van der Waals surface area contributed by atoms with Crippen molar-refractivity contribution in [1.82, 2.24) is 15.3 Å². The van der Waals surface area contributed by atoms with Gasteiger partial charge in [0.1, 0.15) is 0 Å². The predicted molar refractivity (Wildman–Crippen MR) is 106 cm³/mol. The molecule has 1 aliphatic heterocycles. The summed E-state index contributed by atoms with van der Waals surface area (Å²) in [5.41, 5.74) is 1.10. The van der Waals surface area contributed by atoms with E-state index < -0.39 is 0 Å². The van der Waals surface area contributed by atoms with E-state index in [-0.39, 0.29) is 5.91 Å². The molecule has 0 radical (unpaired) electrons. The summed E-state index contributed by atoms with van der Waals surface area (Å²) in [7, 11) is 3.24. The highest BCUT2D eigenvalue weighted by Gasteiger charge is 2.23. The first-order valence-electron chi connectivity index (χ1n) is 9.52. The lowest BCUT2D eigenvalue weighted by atomic mass is 10.1. The fourth-order valence-corrected chi connectivity index (χ4v) is 3.33. The zero-order valence-electron chi connectivity index (χ0n) is 16.5. The number of benzene rings is 1. The van der Waals surface area contributed by atoms with Gasteiger partial charge >= 0.3 is 0 Å². The van der Waals surface area contributed by atoms with Gasteiger partial charge in [0.15, 0.2) is 18.0 Å². The third-order valence-electron chi connectivity index (χ3n) is 4.90. The number of methoxy groups -OCH3 is 2. The van der Waals surface area contributed by atoms with Crippen LogP contribution in [-0.2, 0) is 11.2 Å². The Hall–Kier alpha value is -2.87. The Morgan fingerprint density at radius 1 is 1.14 bits per heavy atom. The molecule has 150 valence electrons. The molecule has 2 heterocycles. The van der Waals surface area contributed by atoms with Gasteiger partial charge in [0.25, 0.3) is 5.91 Å². The van der Waals surface area contributed by atoms with Crippen molar-refractivity contribution in [3.05, 3.63) is 42.2 Å². The van der Waals surface area contributed by atoms with Crippen molar-refractivity contribution in [2.75, 3.05) is 58.4 Å². The average molecular weight is 386 g/mol. The maximum atomic E-state index is 12.3. The number of hydrogen-bond donors (Lipinski definition) is 2. The molecule has 28 heavy (non-hydrogen) atoms. The van der Waals surface area contributed by atoms with Crippen molar-refractivity contribution >= 4 is 11.9 Å². The molecule has 0 spiro atoms. The third-order valence-corrected chi connectivity index (χ3v) is 4.90. The lowest BCUT2D eigenvalue weighted by molar-refractivity contribution is -0.892. The third kappa shape index (κ3) is 5.32. The van der Waals surface area contributed by atoms with Gasteiger partial charge in [-0.3, -0.25) is 4.79 Å². The minimum Gasteiger partial charge on any atom is -0.493 e. The van der Waals surface area contributed by atoms with Crippen molar-refractivity contribution in [2.45, 2.75) is 6.42 Å². The van der Waals surface area contributed by atoms with Crippen LogP contribution in [0.25, 0.3) is 0 Å². The van der Waals surface area contributed by atoms with Crippen molar-refractivity contribution in [2.24, 2.45) is 0 Å². The van der Waals surface area contributed by atoms with E-state index in [4.69, 9.17) is 9.47 Å². The molecular formula is C20H28N5O3+. The van der Waals surface area contributed by atoms with Crippen LogP contribution in [-0.4, -0.2) is 69.4 Å². The van der Waals surface area contributed by atoms with Gasteiger partial charge < -0.3 is 24.6 Å². The van der Waals surface area contributed by atoms with Gasteiger partial charge in [0.2, 0.25) is 5.95 Å². The van der Waals surface area contributed by atoms with E-state index in [1.54, 1.807) is 26.6 Å². The van der Waals surface area contributed by atoms with Crippen LogP contribution in [0.1, 0.15) is 5.56 Å². The van der Waals surface area contributed by atoms with E-state index >= 15 is 0 Å². The molecule has 8 nitrogen and oxygen atoms in total. The monoisotopic (exact) mass is 386 g/mol. The maximum Gasteiger partial charge on any atom is 0.275 e. The Balaban J connectivity index is 1.38. The van der Waals surface area contributed by atoms with E-state index in [1.165, 1.54) is 4.90 Å². The summed E-state index contributed by atoms with van der Waals surface area (Å²) in [6, 6.07) is 7.64. The lowest BCUT2D eigenvalue weighted by Crippen LogP contribution is -3.16. The normalized spacial score (nSPS) is 14.6. The largest absolute Gasteiger partial charge is 0.493 e. The van der Waals surface area contributed by atoms with Crippen molar-refractivity contribution in [1.29, 1.82) is 0 Å². The first kappa shape index (κ1) is 19.9. The van der Waals surface area contributed by atoms with Crippen molar-refractivity contribution in [3.63, 3.8) is 0 Å². The summed E-state index contributed by atoms with van der Waals surface area (Å²) in [6.07, 6.45) is 4.27. The minimum absolute atomic E-state index is 0.0832. The quantitative estimate of drug-likeness (QED) is 0.640. The fourth-order valence-electron chi connectivity index (χ4n) is 3.33. The van der Waals surface area contributed by atoms with Crippen LogP contribution in [0.15, 0.2) is 36.7 Å². The van der Waals surface area contributed by atoms with Gasteiger partial charge in [-0.25, -0.2) is 9.97 Å². The van der Waals surface area contributed by atoms with E-state index in [0.29, 0.717) is 24.6 Å². The van der Waals surface area contributed by atoms with Gasteiger partial charge in [-0.1, -0.05) is 6.07 Å². The van der Waals surface area contributed by atoms with Crippen molar-refractivity contribution in [3.8, 4) is 11.5 Å². The number of piperazine rings is 1. The molecule has 3 rings (SSSR count). The van der Waals surface area contributed by atoms with Crippen LogP contribution >= 0.6 is 0 Å². The minimum atomic E-state index is 0.0832. The molecule has 0 aliphatic carbocycles. The molecule has 2 N–H and O–H groups in total. The number of nitrogens with one attached hydrogen (secondary N) is 2. The van der Waals surface area contributed by atoms with E-state index in [2.05, 4.69) is 20.2 Å². The molecule has 1 aromatic heterocycles. The average Bonchev–Trinajstić information content (AvgIpc) is 2.74. The molecule has 0 bridgehead atoms. The molecule has 0 atom stereocenters. The Morgan fingerprint density at radius 2 is 1.86 bits per heavy atom. The number of quaternary nitrogens is 1. The summed E-state index contributed by atoms with van der Waals surface area (Å²) in [5.74, 6) is 2.26. The number of ether oxygens (including phenoxy) is 2. The molecule has 1 saturated heterocycles. The molecule has 2 aromatic rings. The molecule has 0 saturated carbocycles. The maximum absolute atomic E-state index is 12.3. The zero-order valence-corrected chi connectivity index (χ0v) is 16.5. The van der Waals surface area contributed by atoms with Gasteiger partial charge in [-0.15, -0.1) is 0 Å².